The van der Waals surface area contributed by atoms with Crippen LogP contribution in [0.3, 0.4) is 0 Å². The molecule has 25 heavy (non-hydrogen) atoms. The Morgan fingerprint density at radius 3 is 2.60 bits per heavy atom. The largest absolute Gasteiger partial charge is 0.472 e. The van der Waals surface area contributed by atoms with Crippen molar-refractivity contribution in [2.45, 2.75) is 49.9 Å². The van der Waals surface area contributed by atoms with Crippen LogP contribution in [0, 0.1) is 0 Å². The molecule has 4 rings (SSSR count). The zero-order valence-electron chi connectivity index (χ0n) is 14.2. The lowest BCUT2D eigenvalue weighted by Crippen LogP contribution is -2.39. The van der Waals surface area contributed by atoms with Crippen molar-refractivity contribution in [3.8, 4) is 5.88 Å². The number of ether oxygens (including phenoxy) is 1. The van der Waals surface area contributed by atoms with Gasteiger partial charge in [0.1, 0.15) is 6.10 Å². The third-order valence-corrected chi connectivity index (χ3v) is 7.52. The van der Waals surface area contributed by atoms with Crippen LogP contribution in [-0.4, -0.2) is 47.1 Å². The highest BCUT2D eigenvalue weighted by Gasteiger charge is 2.38. The maximum atomic E-state index is 12.8. The number of aromatic nitrogens is 2. The molecule has 6 nitrogen and oxygen atoms in total. The van der Waals surface area contributed by atoms with Gasteiger partial charge in [-0.25, -0.2) is 18.4 Å². The molecular formula is C18H23N3O3S. The van der Waals surface area contributed by atoms with Gasteiger partial charge in [0.2, 0.25) is 15.9 Å². The summed E-state index contributed by atoms with van der Waals surface area (Å²) in [7, 11) is -3.20. The molecule has 2 heterocycles. The third-order valence-electron chi connectivity index (χ3n) is 5.15. The zero-order valence-corrected chi connectivity index (χ0v) is 15.0. The molecule has 0 N–H and O–H groups in total. The maximum absolute atomic E-state index is 12.8. The topological polar surface area (TPSA) is 72.4 Å². The second-order valence-corrected chi connectivity index (χ2v) is 9.10. The van der Waals surface area contributed by atoms with Crippen LogP contribution in [0.4, 0.5) is 0 Å². The molecule has 0 amide bonds. The Hall–Kier alpha value is -1.73. The lowest BCUT2D eigenvalue weighted by Gasteiger charge is -2.26. The molecule has 2 aromatic rings. The molecule has 1 atom stereocenters. The Balaban J connectivity index is 1.43. The fourth-order valence-electron chi connectivity index (χ4n) is 3.77. The maximum Gasteiger partial charge on any atom is 0.233 e. The lowest BCUT2D eigenvalue weighted by molar-refractivity contribution is 0.206. The van der Waals surface area contributed by atoms with Crippen LogP contribution in [0.5, 0.6) is 5.88 Å². The van der Waals surface area contributed by atoms with Crippen LogP contribution in [0.15, 0.2) is 30.5 Å². The first kappa shape index (κ1) is 16.7. The number of hydrogen-bond acceptors (Lipinski definition) is 5. The van der Waals surface area contributed by atoms with Gasteiger partial charge in [0.15, 0.2) is 0 Å². The van der Waals surface area contributed by atoms with E-state index in [9.17, 15) is 8.42 Å². The predicted octanol–water partition coefficient (Wildman–Crippen LogP) is 2.75. The summed E-state index contributed by atoms with van der Waals surface area (Å²) < 4.78 is 33.1. The average molecular weight is 361 g/mol. The van der Waals surface area contributed by atoms with E-state index in [0.29, 0.717) is 25.4 Å². The normalized spacial score (nSPS) is 23.1. The summed E-state index contributed by atoms with van der Waals surface area (Å²) in [5, 5.41) is -0.208. The molecule has 1 saturated carbocycles. The van der Waals surface area contributed by atoms with Crippen molar-refractivity contribution in [2.24, 2.45) is 0 Å². The van der Waals surface area contributed by atoms with E-state index >= 15 is 0 Å². The second kappa shape index (κ2) is 6.88. The van der Waals surface area contributed by atoms with E-state index in [-0.39, 0.29) is 11.4 Å². The zero-order chi connectivity index (χ0) is 17.3. The SMILES string of the molecule is O=S(=O)(C1CCCCC1)N1CCC(Oc2cnc3ccccc3n2)C1. The summed E-state index contributed by atoms with van der Waals surface area (Å²) in [6, 6.07) is 7.63. The minimum absolute atomic E-state index is 0.158. The van der Waals surface area contributed by atoms with Gasteiger partial charge in [-0.3, -0.25) is 0 Å². The van der Waals surface area contributed by atoms with E-state index in [2.05, 4.69) is 9.97 Å². The molecule has 0 radical (unpaired) electrons. The van der Waals surface area contributed by atoms with Gasteiger partial charge in [-0.15, -0.1) is 0 Å². The summed E-state index contributed by atoms with van der Waals surface area (Å²) in [6.07, 6.45) is 6.92. The summed E-state index contributed by atoms with van der Waals surface area (Å²) in [5.74, 6) is 0.459. The molecule has 1 aliphatic heterocycles. The van der Waals surface area contributed by atoms with Crippen LogP contribution in [-0.2, 0) is 10.0 Å². The Kier molecular flexibility index (Phi) is 4.60. The fraction of sp³-hybridized carbons (Fsp3) is 0.556. The van der Waals surface area contributed by atoms with Crippen LogP contribution in [0.25, 0.3) is 11.0 Å². The Morgan fingerprint density at radius 1 is 1.04 bits per heavy atom. The van der Waals surface area contributed by atoms with Crippen molar-refractivity contribution in [3.63, 3.8) is 0 Å². The molecule has 2 aliphatic rings. The molecule has 1 aliphatic carbocycles. The quantitative estimate of drug-likeness (QED) is 0.837. The highest BCUT2D eigenvalue weighted by Crippen LogP contribution is 2.29. The van der Waals surface area contributed by atoms with Crippen LogP contribution < -0.4 is 4.74 Å². The summed E-state index contributed by atoms with van der Waals surface area (Å²) in [6.45, 7) is 0.942. The molecule has 1 saturated heterocycles. The van der Waals surface area contributed by atoms with Crippen molar-refractivity contribution in [3.05, 3.63) is 30.5 Å². The first-order valence-electron chi connectivity index (χ1n) is 9.00. The number of hydrogen-bond donors (Lipinski definition) is 0. The first-order chi connectivity index (χ1) is 12.1. The van der Waals surface area contributed by atoms with Crippen molar-refractivity contribution in [1.82, 2.24) is 14.3 Å². The Morgan fingerprint density at radius 2 is 1.80 bits per heavy atom. The summed E-state index contributed by atoms with van der Waals surface area (Å²) in [4.78, 5) is 8.81. The van der Waals surface area contributed by atoms with Gasteiger partial charge in [0.05, 0.1) is 29.0 Å². The molecule has 1 aromatic carbocycles. The molecule has 7 heteroatoms. The number of fused-ring (bicyclic) bond motifs is 1. The number of para-hydroxylation sites is 2. The van der Waals surface area contributed by atoms with Gasteiger partial charge in [-0.2, -0.15) is 4.31 Å². The number of sulfonamides is 1. The first-order valence-corrected chi connectivity index (χ1v) is 10.5. The van der Waals surface area contributed by atoms with Crippen molar-refractivity contribution >= 4 is 21.1 Å². The monoisotopic (exact) mass is 361 g/mol. The minimum Gasteiger partial charge on any atom is -0.472 e. The van der Waals surface area contributed by atoms with E-state index in [0.717, 1.165) is 43.1 Å². The van der Waals surface area contributed by atoms with Crippen LogP contribution in [0.2, 0.25) is 0 Å². The smallest absolute Gasteiger partial charge is 0.233 e. The van der Waals surface area contributed by atoms with Gasteiger partial charge in [0.25, 0.3) is 0 Å². The fourth-order valence-corrected chi connectivity index (χ4v) is 5.85. The minimum atomic E-state index is -3.20. The van der Waals surface area contributed by atoms with Crippen molar-refractivity contribution in [1.29, 1.82) is 0 Å². The molecule has 2 fully saturated rings. The van der Waals surface area contributed by atoms with E-state index in [1.807, 2.05) is 24.3 Å². The van der Waals surface area contributed by atoms with Crippen molar-refractivity contribution in [2.75, 3.05) is 13.1 Å². The van der Waals surface area contributed by atoms with Gasteiger partial charge in [0, 0.05) is 6.54 Å². The Labute approximate surface area is 148 Å². The van der Waals surface area contributed by atoms with Crippen molar-refractivity contribution < 1.29 is 13.2 Å². The lowest BCUT2D eigenvalue weighted by atomic mass is 10.0. The third kappa shape index (κ3) is 3.48. The van der Waals surface area contributed by atoms with E-state index in [1.165, 1.54) is 0 Å². The highest BCUT2D eigenvalue weighted by atomic mass is 32.2. The van der Waals surface area contributed by atoms with E-state index < -0.39 is 10.0 Å². The van der Waals surface area contributed by atoms with Gasteiger partial charge >= 0.3 is 0 Å². The van der Waals surface area contributed by atoms with Gasteiger partial charge in [-0.05, 0) is 31.4 Å². The molecular weight excluding hydrogens is 338 g/mol. The molecule has 1 aromatic heterocycles. The standard InChI is InChI=1S/C18H23N3O3S/c22-25(23,15-6-2-1-3-7-15)21-11-10-14(13-21)24-18-12-19-16-8-4-5-9-17(16)20-18/h4-5,8-9,12,14-15H,1-3,6-7,10-11,13H2. The highest BCUT2D eigenvalue weighted by molar-refractivity contribution is 7.89. The van der Waals surface area contributed by atoms with Gasteiger partial charge in [-0.1, -0.05) is 31.4 Å². The van der Waals surface area contributed by atoms with Crippen LogP contribution in [0.1, 0.15) is 38.5 Å². The predicted molar refractivity (Wildman–Crippen MR) is 95.9 cm³/mol. The van der Waals surface area contributed by atoms with E-state index in [1.54, 1.807) is 10.5 Å². The number of rotatable bonds is 4. The molecule has 1 unspecified atom stereocenters. The summed E-state index contributed by atoms with van der Waals surface area (Å²) in [5.41, 5.74) is 1.60. The number of benzene rings is 1. The Bertz CT molecular complexity index is 850. The number of nitrogens with zero attached hydrogens (tertiary/aromatic N) is 3. The average Bonchev–Trinajstić information content (AvgIpc) is 3.12. The van der Waals surface area contributed by atoms with Gasteiger partial charge < -0.3 is 4.74 Å². The molecule has 0 bridgehead atoms. The summed E-state index contributed by atoms with van der Waals surface area (Å²) >= 11 is 0. The molecule has 0 spiro atoms. The second-order valence-electron chi connectivity index (χ2n) is 6.89. The van der Waals surface area contributed by atoms with Crippen LogP contribution >= 0.6 is 0 Å². The molecule has 134 valence electrons. The van der Waals surface area contributed by atoms with E-state index in [4.69, 9.17) is 4.74 Å².